The molecule has 2 rings (SSSR count). The third-order valence-electron chi connectivity index (χ3n) is 2.57. The first-order chi connectivity index (χ1) is 9.24. The Labute approximate surface area is 115 Å². The minimum atomic E-state index is -0.205. The number of thioether (sulfide) groups is 1. The fourth-order valence-electron chi connectivity index (χ4n) is 1.67. The highest BCUT2D eigenvalue weighted by atomic mass is 32.2. The van der Waals surface area contributed by atoms with Gasteiger partial charge in [-0.05, 0) is 30.0 Å². The van der Waals surface area contributed by atoms with Crippen LogP contribution in [-0.4, -0.2) is 23.6 Å². The van der Waals surface area contributed by atoms with Crippen molar-refractivity contribution in [3.63, 3.8) is 0 Å². The number of ether oxygens (including phenoxy) is 1. The number of hydrogen-bond donors (Lipinski definition) is 1. The molecule has 1 aromatic carbocycles. The number of rotatable bonds is 4. The molecule has 0 unspecified atom stereocenters. The van der Waals surface area contributed by atoms with Gasteiger partial charge in [-0.15, -0.1) is 11.8 Å². The fourth-order valence-corrected chi connectivity index (χ4v) is 2.39. The maximum atomic E-state index is 10.9. The number of aromatic nitrogens is 2. The van der Waals surface area contributed by atoms with Crippen LogP contribution in [0.15, 0.2) is 40.0 Å². The third kappa shape index (κ3) is 3.26. The molecule has 0 saturated carbocycles. The minimum absolute atomic E-state index is 0.205. The van der Waals surface area contributed by atoms with Crippen molar-refractivity contribution in [3.05, 3.63) is 51.9 Å². The number of aromatic amines is 1. The molecule has 2 aromatic rings. The Balaban J connectivity index is 2.32. The summed E-state index contributed by atoms with van der Waals surface area (Å²) in [6.07, 6.45) is 5.81. The molecule has 1 N–H and O–H groups in total. The fraction of sp³-hybridized carbons (Fsp3) is 0.143. The molecule has 1 aromatic heterocycles. The Morgan fingerprint density at radius 3 is 2.74 bits per heavy atom. The Bertz CT molecular complexity index is 630. The standard InChI is InChI=1S/C14H14N2O2S/c1-18-12-5-3-4-10(14(12)19-2)6-7-11-8-9-13(17)16-15-11/h3-9H,1-2H3,(H,16,17). The molecule has 0 saturated heterocycles. The van der Waals surface area contributed by atoms with Crippen LogP contribution >= 0.6 is 11.8 Å². The van der Waals surface area contributed by atoms with Crippen molar-refractivity contribution in [2.24, 2.45) is 0 Å². The van der Waals surface area contributed by atoms with E-state index in [4.69, 9.17) is 4.74 Å². The first-order valence-electron chi connectivity index (χ1n) is 5.69. The summed E-state index contributed by atoms with van der Waals surface area (Å²) >= 11 is 1.63. The van der Waals surface area contributed by atoms with Crippen molar-refractivity contribution in [1.29, 1.82) is 0 Å². The van der Waals surface area contributed by atoms with Crippen LogP contribution in [0, 0.1) is 0 Å². The number of methoxy groups -OCH3 is 1. The zero-order valence-electron chi connectivity index (χ0n) is 10.7. The second-order valence-corrected chi connectivity index (χ2v) is 4.58. The van der Waals surface area contributed by atoms with Crippen molar-refractivity contribution < 1.29 is 4.74 Å². The Morgan fingerprint density at radius 2 is 2.11 bits per heavy atom. The summed E-state index contributed by atoms with van der Waals surface area (Å²) in [5.41, 5.74) is 1.55. The van der Waals surface area contributed by atoms with E-state index < -0.39 is 0 Å². The summed E-state index contributed by atoms with van der Waals surface area (Å²) in [6, 6.07) is 9.01. The lowest BCUT2D eigenvalue weighted by atomic mass is 10.2. The normalized spacial score (nSPS) is 10.8. The Morgan fingerprint density at radius 1 is 1.26 bits per heavy atom. The van der Waals surface area contributed by atoms with Crippen LogP contribution in [-0.2, 0) is 0 Å². The number of nitrogens with zero attached hydrogens (tertiary/aromatic N) is 1. The van der Waals surface area contributed by atoms with Crippen molar-refractivity contribution in [1.82, 2.24) is 10.2 Å². The topological polar surface area (TPSA) is 55.0 Å². The summed E-state index contributed by atoms with van der Waals surface area (Å²) in [6.45, 7) is 0. The molecule has 5 heteroatoms. The molecule has 0 radical (unpaired) electrons. The summed E-state index contributed by atoms with van der Waals surface area (Å²) < 4.78 is 5.33. The molecule has 1 heterocycles. The monoisotopic (exact) mass is 274 g/mol. The lowest BCUT2D eigenvalue weighted by molar-refractivity contribution is 0.404. The van der Waals surface area contributed by atoms with Gasteiger partial charge in [0.25, 0.3) is 5.56 Å². The van der Waals surface area contributed by atoms with Crippen LogP contribution in [0.4, 0.5) is 0 Å². The molecule has 98 valence electrons. The first kappa shape index (κ1) is 13.4. The second-order valence-electron chi connectivity index (χ2n) is 3.76. The van der Waals surface area contributed by atoms with Gasteiger partial charge < -0.3 is 4.74 Å². The van der Waals surface area contributed by atoms with Crippen LogP contribution < -0.4 is 10.3 Å². The summed E-state index contributed by atoms with van der Waals surface area (Å²) in [5, 5.41) is 6.33. The van der Waals surface area contributed by atoms with Crippen molar-refractivity contribution >= 4 is 23.9 Å². The predicted molar refractivity (Wildman–Crippen MR) is 78.6 cm³/mol. The molecule has 0 bridgehead atoms. The summed E-state index contributed by atoms with van der Waals surface area (Å²) in [7, 11) is 1.66. The number of H-pyrrole nitrogens is 1. The average molecular weight is 274 g/mol. The smallest absolute Gasteiger partial charge is 0.264 e. The molecule has 0 spiro atoms. The van der Waals surface area contributed by atoms with Crippen LogP contribution in [0.5, 0.6) is 5.75 Å². The molecule has 0 atom stereocenters. The molecule has 19 heavy (non-hydrogen) atoms. The molecule has 0 amide bonds. The third-order valence-corrected chi connectivity index (χ3v) is 3.41. The van der Waals surface area contributed by atoms with Gasteiger partial charge in [0.15, 0.2) is 0 Å². The zero-order valence-corrected chi connectivity index (χ0v) is 11.5. The largest absolute Gasteiger partial charge is 0.496 e. The van der Waals surface area contributed by atoms with Crippen LogP contribution in [0.25, 0.3) is 12.2 Å². The van der Waals surface area contributed by atoms with Crippen LogP contribution in [0.3, 0.4) is 0 Å². The van der Waals surface area contributed by atoms with Gasteiger partial charge in [-0.2, -0.15) is 5.10 Å². The molecular formula is C14H14N2O2S. The van der Waals surface area contributed by atoms with Crippen molar-refractivity contribution in [2.75, 3.05) is 13.4 Å². The highest BCUT2D eigenvalue weighted by Gasteiger charge is 2.05. The molecular weight excluding hydrogens is 260 g/mol. The first-order valence-corrected chi connectivity index (χ1v) is 6.92. The highest BCUT2D eigenvalue weighted by molar-refractivity contribution is 7.98. The zero-order chi connectivity index (χ0) is 13.7. The van der Waals surface area contributed by atoms with Crippen LogP contribution in [0.1, 0.15) is 11.3 Å². The summed E-state index contributed by atoms with van der Waals surface area (Å²) in [5.74, 6) is 0.851. The van der Waals surface area contributed by atoms with Gasteiger partial charge in [-0.3, -0.25) is 4.79 Å². The van der Waals surface area contributed by atoms with Gasteiger partial charge in [0.2, 0.25) is 0 Å². The molecule has 4 nitrogen and oxygen atoms in total. The molecule has 0 aliphatic heterocycles. The van der Waals surface area contributed by atoms with Gasteiger partial charge in [0.05, 0.1) is 17.7 Å². The van der Waals surface area contributed by atoms with E-state index in [1.807, 2.05) is 36.6 Å². The quantitative estimate of drug-likeness (QED) is 0.871. The maximum absolute atomic E-state index is 10.9. The lowest BCUT2D eigenvalue weighted by Crippen LogP contribution is -2.05. The Kier molecular flexibility index (Phi) is 4.41. The van der Waals surface area contributed by atoms with E-state index in [-0.39, 0.29) is 5.56 Å². The van der Waals surface area contributed by atoms with E-state index in [1.54, 1.807) is 24.9 Å². The van der Waals surface area contributed by atoms with Gasteiger partial charge in [0, 0.05) is 6.07 Å². The lowest BCUT2D eigenvalue weighted by Gasteiger charge is -2.08. The molecule has 0 aliphatic rings. The van der Waals surface area contributed by atoms with E-state index in [2.05, 4.69) is 10.2 Å². The van der Waals surface area contributed by atoms with E-state index in [0.29, 0.717) is 5.69 Å². The predicted octanol–water partition coefficient (Wildman–Crippen LogP) is 2.67. The van der Waals surface area contributed by atoms with Gasteiger partial charge in [-0.1, -0.05) is 18.2 Å². The van der Waals surface area contributed by atoms with E-state index >= 15 is 0 Å². The van der Waals surface area contributed by atoms with E-state index in [0.717, 1.165) is 16.2 Å². The maximum Gasteiger partial charge on any atom is 0.264 e. The summed E-state index contributed by atoms with van der Waals surface area (Å²) in [4.78, 5) is 12.0. The molecule has 0 fully saturated rings. The number of hydrogen-bond acceptors (Lipinski definition) is 4. The average Bonchev–Trinajstić information content (AvgIpc) is 2.46. The number of benzene rings is 1. The van der Waals surface area contributed by atoms with Crippen LogP contribution in [0.2, 0.25) is 0 Å². The van der Waals surface area contributed by atoms with Crippen molar-refractivity contribution in [2.45, 2.75) is 4.90 Å². The minimum Gasteiger partial charge on any atom is -0.496 e. The van der Waals surface area contributed by atoms with Gasteiger partial charge >= 0.3 is 0 Å². The number of nitrogens with one attached hydrogen (secondary N) is 1. The van der Waals surface area contributed by atoms with E-state index in [1.165, 1.54) is 6.07 Å². The molecule has 0 aliphatic carbocycles. The highest BCUT2D eigenvalue weighted by Crippen LogP contribution is 2.31. The van der Waals surface area contributed by atoms with E-state index in [9.17, 15) is 4.79 Å². The second kappa shape index (κ2) is 6.24. The Hall–Kier alpha value is -2.01. The van der Waals surface area contributed by atoms with Gasteiger partial charge in [0.1, 0.15) is 5.75 Å². The van der Waals surface area contributed by atoms with Gasteiger partial charge in [-0.25, -0.2) is 5.10 Å². The van der Waals surface area contributed by atoms with Crippen molar-refractivity contribution in [3.8, 4) is 5.75 Å². The SMILES string of the molecule is COc1cccc(C=Cc2ccc(=O)[nH]n2)c1SC.